The average molecular weight is 658 g/mol. The van der Waals surface area contributed by atoms with Crippen molar-refractivity contribution in [3.05, 3.63) is 91.0 Å². The number of carboxylic acids is 1. The first-order valence-corrected chi connectivity index (χ1v) is 15.7. The molecule has 0 heterocycles. The van der Waals surface area contributed by atoms with Crippen LogP contribution in [0.4, 0.5) is 17.1 Å². The fourth-order valence-electron chi connectivity index (χ4n) is 2.71. The van der Waals surface area contributed by atoms with Crippen LogP contribution in [0.2, 0.25) is 0 Å². The SMILES string of the molecule is C.C#CCCC(=O)N(C)c1ccccc1.C#CCCC(=O)Nc1ccccc1.C#CCCC(=O)O.CC.CC.CC.Nc1ccccc1. The fraction of sp³-hybridized carbons (Fsp3) is 0.341. The molecule has 4 N–H and O–H groups in total. The van der Waals surface area contributed by atoms with Crippen molar-refractivity contribution in [2.24, 2.45) is 0 Å². The van der Waals surface area contributed by atoms with Gasteiger partial charge >= 0.3 is 5.97 Å². The molecule has 0 saturated heterocycles. The molecule has 3 aromatic rings. The monoisotopic (exact) mass is 657 g/mol. The first-order valence-electron chi connectivity index (χ1n) is 15.7. The molecule has 0 aliphatic carbocycles. The number of aliphatic carboxylic acids is 1. The topological polar surface area (TPSA) is 113 Å². The van der Waals surface area contributed by atoms with Crippen molar-refractivity contribution in [3.8, 4) is 37.0 Å². The summed E-state index contributed by atoms with van der Waals surface area (Å²) in [6.07, 6.45) is 17.1. The van der Waals surface area contributed by atoms with Crippen LogP contribution in [-0.4, -0.2) is 29.9 Å². The predicted molar refractivity (Wildman–Crippen MR) is 208 cm³/mol. The summed E-state index contributed by atoms with van der Waals surface area (Å²) in [5.41, 5.74) is 7.89. The van der Waals surface area contributed by atoms with Gasteiger partial charge in [-0.05, 0) is 36.4 Å². The number of rotatable bonds is 8. The van der Waals surface area contributed by atoms with Crippen LogP contribution in [0.25, 0.3) is 0 Å². The van der Waals surface area contributed by atoms with Crippen LogP contribution < -0.4 is 16.0 Å². The largest absolute Gasteiger partial charge is 0.481 e. The van der Waals surface area contributed by atoms with Gasteiger partial charge in [-0.3, -0.25) is 14.4 Å². The van der Waals surface area contributed by atoms with Crippen LogP contribution in [0.3, 0.4) is 0 Å². The highest BCUT2D eigenvalue weighted by Crippen LogP contribution is 2.12. The molecule has 0 spiro atoms. The van der Waals surface area contributed by atoms with Crippen LogP contribution in [0.15, 0.2) is 91.0 Å². The van der Waals surface area contributed by atoms with Crippen LogP contribution in [0.1, 0.15) is 87.5 Å². The smallest absolute Gasteiger partial charge is 0.304 e. The van der Waals surface area contributed by atoms with Crippen molar-refractivity contribution in [2.45, 2.75) is 87.5 Å². The summed E-state index contributed by atoms with van der Waals surface area (Å²) in [6, 6.07) is 28.3. The molecule has 0 aliphatic heterocycles. The van der Waals surface area contributed by atoms with E-state index in [9.17, 15) is 14.4 Å². The van der Waals surface area contributed by atoms with E-state index in [1.165, 1.54) is 0 Å². The third-order valence-corrected chi connectivity index (χ3v) is 4.84. The van der Waals surface area contributed by atoms with E-state index in [1.807, 2.05) is 133 Å². The van der Waals surface area contributed by atoms with Gasteiger partial charge in [0.1, 0.15) is 0 Å². The lowest BCUT2D eigenvalue weighted by molar-refractivity contribution is -0.136. The summed E-state index contributed by atoms with van der Waals surface area (Å²) in [7, 11) is 1.76. The lowest BCUT2D eigenvalue weighted by Gasteiger charge is -2.16. The second-order valence-electron chi connectivity index (χ2n) is 8.12. The van der Waals surface area contributed by atoms with E-state index in [-0.39, 0.29) is 25.7 Å². The lowest BCUT2D eigenvalue weighted by Crippen LogP contribution is -2.25. The van der Waals surface area contributed by atoms with Crippen molar-refractivity contribution in [3.63, 3.8) is 0 Å². The second-order valence-corrected chi connectivity index (χ2v) is 8.12. The van der Waals surface area contributed by atoms with E-state index in [2.05, 4.69) is 23.1 Å². The Kier molecular flexibility index (Phi) is 45.1. The Morgan fingerprint density at radius 1 is 0.667 bits per heavy atom. The van der Waals surface area contributed by atoms with Crippen molar-refractivity contribution in [1.82, 2.24) is 0 Å². The van der Waals surface area contributed by atoms with Gasteiger partial charge in [-0.15, -0.1) is 37.0 Å². The molecule has 0 saturated carbocycles. The van der Waals surface area contributed by atoms with E-state index in [0.29, 0.717) is 32.1 Å². The van der Waals surface area contributed by atoms with Crippen LogP contribution in [0.5, 0.6) is 0 Å². The number of para-hydroxylation sites is 3. The van der Waals surface area contributed by atoms with Gasteiger partial charge in [-0.2, -0.15) is 0 Å². The van der Waals surface area contributed by atoms with E-state index >= 15 is 0 Å². The normalized spacial score (nSPS) is 7.75. The zero-order valence-electron chi connectivity index (χ0n) is 29.3. The van der Waals surface area contributed by atoms with Gasteiger partial charge in [0.25, 0.3) is 0 Å². The van der Waals surface area contributed by atoms with Gasteiger partial charge in [0.15, 0.2) is 0 Å². The average Bonchev–Trinajstić information content (AvgIpc) is 3.13. The molecular formula is C41H59N3O4. The molecule has 2 amide bonds. The Hall–Kier alpha value is -5.45. The third-order valence-electron chi connectivity index (χ3n) is 4.84. The van der Waals surface area contributed by atoms with Crippen molar-refractivity contribution in [1.29, 1.82) is 0 Å². The van der Waals surface area contributed by atoms with Gasteiger partial charge in [-0.25, -0.2) is 0 Å². The Bertz CT molecular complexity index is 1270. The van der Waals surface area contributed by atoms with E-state index in [0.717, 1.165) is 17.1 Å². The number of nitrogens with zero attached hydrogens (tertiary/aromatic N) is 1. The first kappa shape index (κ1) is 52.1. The highest BCUT2D eigenvalue weighted by atomic mass is 16.4. The number of amides is 2. The molecule has 0 unspecified atom stereocenters. The number of anilines is 3. The predicted octanol–water partition coefficient (Wildman–Crippen LogP) is 9.57. The number of nitrogens with two attached hydrogens (primary N) is 1. The highest BCUT2D eigenvalue weighted by molar-refractivity contribution is 5.92. The molecule has 7 nitrogen and oxygen atoms in total. The van der Waals surface area contributed by atoms with Crippen LogP contribution in [0, 0.1) is 37.0 Å². The number of terminal acetylenes is 3. The number of nitrogens with one attached hydrogen (secondary N) is 1. The number of hydrogen-bond donors (Lipinski definition) is 3. The second kappa shape index (κ2) is 41.5. The van der Waals surface area contributed by atoms with Gasteiger partial charge in [-0.1, -0.05) is 104 Å². The third kappa shape index (κ3) is 35.0. The quantitative estimate of drug-likeness (QED) is 0.165. The van der Waals surface area contributed by atoms with Crippen molar-refractivity contribution < 1.29 is 19.5 Å². The summed E-state index contributed by atoms with van der Waals surface area (Å²) < 4.78 is 0. The lowest BCUT2D eigenvalue weighted by atomic mass is 10.2. The van der Waals surface area contributed by atoms with Crippen molar-refractivity contribution in [2.75, 3.05) is 23.0 Å². The minimum Gasteiger partial charge on any atom is -0.481 e. The molecule has 0 atom stereocenters. The van der Waals surface area contributed by atoms with E-state index < -0.39 is 5.97 Å². The maximum absolute atomic E-state index is 11.5. The highest BCUT2D eigenvalue weighted by Gasteiger charge is 2.08. The Morgan fingerprint density at radius 2 is 1.04 bits per heavy atom. The molecule has 48 heavy (non-hydrogen) atoms. The Morgan fingerprint density at radius 3 is 1.40 bits per heavy atom. The van der Waals surface area contributed by atoms with Crippen LogP contribution in [-0.2, 0) is 14.4 Å². The van der Waals surface area contributed by atoms with Gasteiger partial charge in [0.05, 0.1) is 6.42 Å². The van der Waals surface area contributed by atoms with Gasteiger partial charge in [0, 0.05) is 56.2 Å². The minimum atomic E-state index is -0.835. The summed E-state index contributed by atoms with van der Waals surface area (Å²) in [6.45, 7) is 12.0. The first-order chi connectivity index (χ1) is 22.7. The summed E-state index contributed by atoms with van der Waals surface area (Å²) >= 11 is 0. The number of hydrogen-bond acceptors (Lipinski definition) is 4. The van der Waals surface area contributed by atoms with Crippen molar-refractivity contribution >= 4 is 34.8 Å². The van der Waals surface area contributed by atoms with Gasteiger partial charge < -0.3 is 21.1 Å². The number of carboxylic acid groups (broad SMARTS) is 1. The van der Waals surface area contributed by atoms with E-state index in [4.69, 9.17) is 30.1 Å². The zero-order valence-corrected chi connectivity index (χ0v) is 29.3. The molecule has 0 fully saturated rings. The Balaban J connectivity index is -0.000000167. The summed E-state index contributed by atoms with van der Waals surface area (Å²) in [5, 5.41) is 10.7. The van der Waals surface area contributed by atoms with E-state index in [1.54, 1.807) is 11.9 Å². The molecule has 0 bridgehead atoms. The fourth-order valence-corrected chi connectivity index (χ4v) is 2.71. The number of benzene rings is 3. The maximum atomic E-state index is 11.5. The summed E-state index contributed by atoms with van der Waals surface area (Å²) in [4.78, 5) is 34.0. The maximum Gasteiger partial charge on any atom is 0.304 e. The number of carbonyl (C=O) groups is 3. The molecule has 0 radical (unpaired) electrons. The molecule has 262 valence electrons. The molecular weight excluding hydrogens is 598 g/mol. The molecule has 3 rings (SSSR count). The Labute approximate surface area is 292 Å². The molecule has 0 aliphatic rings. The number of nitrogen functional groups attached to an aromatic ring is 1. The summed E-state index contributed by atoms with van der Waals surface area (Å²) in [5.74, 6) is 6.28. The molecule has 0 aromatic heterocycles. The van der Waals surface area contributed by atoms with Crippen LogP contribution >= 0.6 is 0 Å². The standard InChI is InChI=1S/C12H13NO.C11H11NO.C6H7N.C5H6O2.3C2H6.CH4/c1-3-4-10-12(14)13(2)11-8-6-5-7-9-11;1-2-3-9-11(13)12-10-7-5-4-6-8-10;7-6-4-2-1-3-5-6;1-2-3-4-5(6)7;3*1-2;/h1,5-9H,4,10H2,2H3;1,4-8H,3,9H2,(H,12,13);1-5H,7H2;1H,3-4H2,(H,6,7);3*1-2H3;1H4. The molecule has 7 heteroatoms. The minimum absolute atomic E-state index is 0. The number of carbonyl (C=O) groups excluding carboxylic acids is 2. The molecule has 3 aromatic carbocycles. The van der Waals surface area contributed by atoms with Gasteiger partial charge in [0.2, 0.25) is 11.8 Å². The zero-order chi connectivity index (χ0) is 36.7.